The third-order valence-electron chi connectivity index (χ3n) is 4.44. The van der Waals surface area contributed by atoms with Crippen LogP contribution in [0.2, 0.25) is 0 Å². The fourth-order valence-electron chi connectivity index (χ4n) is 3.14. The maximum Gasteiger partial charge on any atom is 0.182 e. The van der Waals surface area contributed by atoms with Crippen LogP contribution in [0.1, 0.15) is 12.5 Å². The Hall–Kier alpha value is -3.61. The summed E-state index contributed by atoms with van der Waals surface area (Å²) >= 11 is 0. The fraction of sp³-hybridized carbons (Fsp3) is 0.105. The molecule has 0 aliphatic carbocycles. The van der Waals surface area contributed by atoms with Gasteiger partial charge >= 0.3 is 0 Å². The summed E-state index contributed by atoms with van der Waals surface area (Å²) < 4.78 is 3.56. The largest absolute Gasteiger partial charge is 0.265 e. The third kappa shape index (κ3) is 2.17. The van der Waals surface area contributed by atoms with Gasteiger partial charge in [0, 0.05) is 18.0 Å². The summed E-state index contributed by atoms with van der Waals surface area (Å²) in [5.41, 5.74) is 4.68. The van der Waals surface area contributed by atoms with Crippen molar-refractivity contribution in [1.82, 2.24) is 34.3 Å². The van der Waals surface area contributed by atoms with E-state index in [4.69, 9.17) is 4.98 Å². The first-order valence-electron chi connectivity index (χ1n) is 8.43. The zero-order chi connectivity index (χ0) is 17.5. The molecule has 5 rings (SSSR count). The van der Waals surface area contributed by atoms with Crippen LogP contribution in [0.25, 0.3) is 33.8 Å². The van der Waals surface area contributed by atoms with Gasteiger partial charge in [0.2, 0.25) is 0 Å². The Balaban J connectivity index is 1.73. The van der Waals surface area contributed by atoms with Crippen LogP contribution in [0.4, 0.5) is 0 Å². The monoisotopic (exact) mass is 341 g/mol. The number of pyridine rings is 1. The maximum atomic E-state index is 4.69. The molecule has 0 saturated carbocycles. The molecule has 5 aromatic rings. The highest BCUT2D eigenvalue weighted by atomic mass is 15.3. The van der Waals surface area contributed by atoms with Crippen LogP contribution in [-0.2, 0) is 6.42 Å². The molecule has 0 atom stereocenters. The summed E-state index contributed by atoms with van der Waals surface area (Å²) in [5, 5.41) is 9.96. The molecule has 4 heterocycles. The molecule has 0 aliphatic heterocycles. The van der Waals surface area contributed by atoms with E-state index in [0.29, 0.717) is 5.82 Å². The van der Waals surface area contributed by atoms with Gasteiger partial charge in [-0.2, -0.15) is 5.10 Å². The van der Waals surface area contributed by atoms with Gasteiger partial charge in [-0.1, -0.05) is 25.1 Å². The lowest BCUT2D eigenvalue weighted by Gasteiger charge is -2.08. The summed E-state index contributed by atoms with van der Waals surface area (Å²) in [5.74, 6) is 0.642. The number of rotatable bonds is 3. The number of nitrogens with zero attached hydrogens (tertiary/aromatic N) is 7. The van der Waals surface area contributed by atoms with E-state index in [1.165, 1.54) is 5.56 Å². The van der Waals surface area contributed by atoms with Gasteiger partial charge in [0.25, 0.3) is 0 Å². The Kier molecular flexibility index (Phi) is 3.24. The second-order valence-corrected chi connectivity index (χ2v) is 5.96. The van der Waals surface area contributed by atoms with Gasteiger partial charge in [-0.25, -0.2) is 19.2 Å². The minimum Gasteiger partial charge on any atom is -0.265 e. The molecule has 0 saturated heterocycles. The van der Waals surface area contributed by atoms with Crippen molar-refractivity contribution in [2.75, 3.05) is 0 Å². The van der Waals surface area contributed by atoms with E-state index in [2.05, 4.69) is 39.2 Å². The number of hydrogen-bond donors (Lipinski definition) is 0. The zero-order valence-corrected chi connectivity index (χ0v) is 14.1. The molecule has 0 N–H and O–H groups in total. The molecule has 4 aromatic heterocycles. The van der Waals surface area contributed by atoms with E-state index in [0.717, 1.165) is 34.4 Å². The Labute approximate surface area is 149 Å². The standard InChI is InChI=1S/C19H15N7/c1-2-13-5-3-4-6-16(13)26-18-15(11-22-26)19-23-17(24-25(19)12-21-18)14-7-9-20-10-8-14/h3-12H,2H2,1H3. The number of benzene rings is 1. The third-order valence-corrected chi connectivity index (χ3v) is 4.44. The van der Waals surface area contributed by atoms with Crippen molar-refractivity contribution < 1.29 is 0 Å². The molecule has 0 amide bonds. The van der Waals surface area contributed by atoms with Crippen LogP contribution in [0.3, 0.4) is 0 Å². The Morgan fingerprint density at radius 2 is 1.85 bits per heavy atom. The van der Waals surface area contributed by atoms with E-state index in [1.807, 2.05) is 28.9 Å². The molecule has 0 radical (unpaired) electrons. The van der Waals surface area contributed by atoms with E-state index in [9.17, 15) is 0 Å². The Morgan fingerprint density at radius 1 is 1.00 bits per heavy atom. The van der Waals surface area contributed by atoms with Gasteiger partial charge in [-0.15, -0.1) is 5.10 Å². The molecule has 126 valence electrons. The lowest BCUT2D eigenvalue weighted by molar-refractivity contribution is 0.868. The second kappa shape index (κ2) is 5.73. The smallest absolute Gasteiger partial charge is 0.182 e. The molecule has 1 aromatic carbocycles. The molecule has 7 nitrogen and oxygen atoms in total. The molecule has 7 heteroatoms. The maximum absolute atomic E-state index is 4.69. The minimum absolute atomic E-state index is 0.642. The van der Waals surface area contributed by atoms with Crippen molar-refractivity contribution in [3.05, 3.63) is 66.9 Å². The predicted molar refractivity (Wildman–Crippen MR) is 98.0 cm³/mol. The number of aryl methyl sites for hydroxylation is 1. The van der Waals surface area contributed by atoms with E-state index < -0.39 is 0 Å². The zero-order valence-electron chi connectivity index (χ0n) is 14.1. The van der Waals surface area contributed by atoms with Crippen LogP contribution in [0.5, 0.6) is 0 Å². The van der Waals surface area contributed by atoms with Crippen LogP contribution in [0.15, 0.2) is 61.3 Å². The molecule has 0 unspecified atom stereocenters. The van der Waals surface area contributed by atoms with Crippen molar-refractivity contribution in [2.24, 2.45) is 0 Å². The van der Waals surface area contributed by atoms with E-state index >= 15 is 0 Å². The summed E-state index contributed by atoms with van der Waals surface area (Å²) in [6.45, 7) is 2.13. The highest BCUT2D eigenvalue weighted by molar-refractivity contribution is 5.90. The van der Waals surface area contributed by atoms with Crippen molar-refractivity contribution >= 4 is 16.7 Å². The average molecular weight is 341 g/mol. The second-order valence-electron chi connectivity index (χ2n) is 5.96. The molecule has 0 bridgehead atoms. The van der Waals surface area contributed by atoms with Gasteiger partial charge in [0.05, 0.1) is 17.3 Å². The van der Waals surface area contributed by atoms with Crippen molar-refractivity contribution in [3.63, 3.8) is 0 Å². The summed E-state index contributed by atoms with van der Waals surface area (Å²) in [7, 11) is 0. The molecule has 0 fully saturated rings. The van der Waals surface area contributed by atoms with Crippen LogP contribution < -0.4 is 0 Å². The summed E-state index contributed by atoms with van der Waals surface area (Å²) in [6.07, 6.45) is 7.87. The summed E-state index contributed by atoms with van der Waals surface area (Å²) in [6, 6.07) is 12.0. The fourth-order valence-corrected chi connectivity index (χ4v) is 3.14. The SMILES string of the molecule is CCc1ccccc1-n1ncc2c1ncn1nc(-c3ccncc3)nc21. The first kappa shape index (κ1) is 14.7. The highest BCUT2D eigenvalue weighted by Crippen LogP contribution is 2.24. The molecular formula is C19H15N7. The van der Waals surface area contributed by atoms with Gasteiger partial charge in [-0.3, -0.25) is 4.98 Å². The Morgan fingerprint density at radius 3 is 2.69 bits per heavy atom. The van der Waals surface area contributed by atoms with Gasteiger partial charge in [0.1, 0.15) is 6.33 Å². The first-order chi connectivity index (χ1) is 12.8. The number of hydrogen-bond acceptors (Lipinski definition) is 5. The van der Waals surface area contributed by atoms with E-state index in [1.54, 1.807) is 29.4 Å². The molecule has 26 heavy (non-hydrogen) atoms. The topological polar surface area (TPSA) is 73.8 Å². The minimum atomic E-state index is 0.642. The van der Waals surface area contributed by atoms with Gasteiger partial charge in [0.15, 0.2) is 17.1 Å². The number of aromatic nitrogens is 7. The number of fused-ring (bicyclic) bond motifs is 3. The first-order valence-corrected chi connectivity index (χ1v) is 8.43. The van der Waals surface area contributed by atoms with E-state index in [-0.39, 0.29) is 0 Å². The lowest BCUT2D eigenvalue weighted by Crippen LogP contribution is -2.02. The average Bonchev–Trinajstić information content (AvgIpc) is 3.32. The molecule has 0 aliphatic rings. The quantitative estimate of drug-likeness (QED) is 0.504. The normalized spacial score (nSPS) is 11.4. The van der Waals surface area contributed by atoms with Gasteiger partial charge in [-0.05, 0) is 30.2 Å². The van der Waals surface area contributed by atoms with Crippen LogP contribution in [-0.4, -0.2) is 34.3 Å². The Bertz CT molecular complexity index is 1220. The lowest BCUT2D eigenvalue weighted by atomic mass is 10.1. The van der Waals surface area contributed by atoms with Crippen LogP contribution in [0, 0.1) is 0 Å². The van der Waals surface area contributed by atoms with Gasteiger partial charge < -0.3 is 0 Å². The van der Waals surface area contributed by atoms with Crippen LogP contribution >= 0.6 is 0 Å². The number of para-hydroxylation sites is 1. The molecule has 0 spiro atoms. The molecular weight excluding hydrogens is 326 g/mol. The van der Waals surface area contributed by atoms with Crippen molar-refractivity contribution in [1.29, 1.82) is 0 Å². The summed E-state index contributed by atoms with van der Waals surface area (Å²) in [4.78, 5) is 13.3. The highest BCUT2D eigenvalue weighted by Gasteiger charge is 2.15. The van der Waals surface area contributed by atoms with Crippen molar-refractivity contribution in [2.45, 2.75) is 13.3 Å². The van der Waals surface area contributed by atoms with Crippen molar-refractivity contribution in [3.8, 4) is 17.1 Å². The predicted octanol–water partition coefficient (Wildman–Crippen LogP) is 3.09.